The van der Waals surface area contributed by atoms with Crippen LogP contribution >= 0.6 is 11.6 Å². The number of hydrogen-bond acceptors (Lipinski definition) is 2. The van der Waals surface area contributed by atoms with Crippen LogP contribution in [0.4, 0.5) is 0 Å². The molecule has 3 heteroatoms. The number of aromatic nitrogens is 1. The summed E-state index contributed by atoms with van der Waals surface area (Å²) in [5, 5.41) is 0.500. The topological polar surface area (TPSA) is 22.1 Å². The summed E-state index contributed by atoms with van der Waals surface area (Å²) in [6.07, 6.45) is 5.76. The Kier molecular flexibility index (Phi) is 2.40. The number of pyridine rings is 1. The van der Waals surface area contributed by atoms with Crippen molar-refractivity contribution < 1.29 is 4.74 Å². The Hall–Kier alpha value is -0.760. The van der Waals surface area contributed by atoms with Gasteiger partial charge in [-0.3, -0.25) is 0 Å². The highest BCUT2D eigenvalue weighted by atomic mass is 35.5. The molecule has 1 fully saturated rings. The van der Waals surface area contributed by atoms with E-state index in [1.807, 2.05) is 6.92 Å². The molecule has 1 aliphatic carbocycles. The summed E-state index contributed by atoms with van der Waals surface area (Å²) in [5.41, 5.74) is 1.05. The Bertz CT molecular complexity index is 310. The predicted octanol–water partition coefficient (Wildman–Crippen LogP) is 2.97. The molecule has 0 aromatic carbocycles. The fraction of sp³-hybridized carbons (Fsp3) is 0.500. The van der Waals surface area contributed by atoms with Gasteiger partial charge in [0.15, 0.2) is 0 Å². The van der Waals surface area contributed by atoms with E-state index in [9.17, 15) is 0 Å². The van der Waals surface area contributed by atoms with Gasteiger partial charge in [0.1, 0.15) is 10.9 Å². The number of nitrogens with zero attached hydrogens (tertiary/aromatic N) is 1. The van der Waals surface area contributed by atoms with Crippen LogP contribution in [0.2, 0.25) is 5.15 Å². The van der Waals surface area contributed by atoms with Crippen LogP contribution in [0.25, 0.3) is 0 Å². The van der Waals surface area contributed by atoms with Crippen molar-refractivity contribution in [1.82, 2.24) is 4.98 Å². The van der Waals surface area contributed by atoms with Crippen LogP contribution in [0.15, 0.2) is 12.3 Å². The molecule has 70 valence electrons. The van der Waals surface area contributed by atoms with E-state index in [1.54, 1.807) is 12.3 Å². The number of aryl methyl sites for hydroxylation is 1. The molecule has 2 rings (SSSR count). The van der Waals surface area contributed by atoms with E-state index in [0.717, 1.165) is 11.3 Å². The molecule has 0 spiro atoms. The van der Waals surface area contributed by atoms with E-state index in [0.29, 0.717) is 11.3 Å². The summed E-state index contributed by atoms with van der Waals surface area (Å²) < 4.78 is 5.74. The van der Waals surface area contributed by atoms with Crippen LogP contribution in [-0.2, 0) is 0 Å². The van der Waals surface area contributed by atoms with Crippen molar-refractivity contribution >= 4 is 11.6 Å². The first-order chi connectivity index (χ1) is 6.25. The van der Waals surface area contributed by atoms with Crippen molar-refractivity contribution in [3.05, 3.63) is 23.0 Å². The maximum absolute atomic E-state index is 5.77. The Morgan fingerprint density at radius 2 is 2.31 bits per heavy atom. The smallest absolute Gasteiger partial charge is 0.132 e. The zero-order valence-electron chi connectivity index (χ0n) is 7.59. The number of ether oxygens (including phenoxy) is 1. The van der Waals surface area contributed by atoms with Gasteiger partial charge in [0.05, 0.1) is 6.10 Å². The fourth-order valence-electron chi connectivity index (χ4n) is 1.28. The van der Waals surface area contributed by atoms with Crippen LogP contribution in [0.1, 0.15) is 24.8 Å². The van der Waals surface area contributed by atoms with Gasteiger partial charge in [-0.15, -0.1) is 0 Å². The Labute approximate surface area is 82.9 Å². The summed E-state index contributed by atoms with van der Waals surface area (Å²) in [5.74, 6) is 0.879. The minimum Gasteiger partial charge on any atom is -0.490 e. The van der Waals surface area contributed by atoms with Crippen LogP contribution in [0.3, 0.4) is 0 Å². The van der Waals surface area contributed by atoms with E-state index in [4.69, 9.17) is 16.3 Å². The molecule has 0 bridgehead atoms. The minimum absolute atomic E-state index is 0.400. The second-order valence-electron chi connectivity index (χ2n) is 3.44. The summed E-state index contributed by atoms with van der Waals surface area (Å²) in [6, 6.07) is 1.79. The molecular weight excluding hydrogens is 186 g/mol. The van der Waals surface area contributed by atoms with Gasteiger partial charge in [0.25, 0.3) is 0 Å². The van der Waals surface area contributed by atoms with Gasteiger partial charge >= 0.3 is 0 Å². The standard InChI is InChI=1S/C10H12ClNO/c1-7-6-12-10(11)5-9(7)13-8-3-2-4-8/h5-6,8H,2-4H2,1H3. The van der Waals surface area contributed by atoms with Crippen molar-refractivity contribution in [3.63, 3.8) is 0 Å². The van der Waals surface area contributed by atoms with Gasteiger partial charge in [-0.2, -0.15) is 0 Å². The molecule has 1 aromatic rings. The van der Waals surface area contributed by atoms with E-state index < -0.39 is 0 Å². The Morgan fingerprint density at radius 1 is 1.54 bits per heavy atom. The van der Waals surface area contributed by atoms with Crippen LogP contribution in [0.5, 0.6) is 5.75 Å². The maximum atomic E-state index is 5.77. The average molecular weight is 198 g/mol. The number of hydrogen-bond donors (Lipinski definition) is 0. The SMILES string of the molecule is Cc1cnc(Cl)cc1OC1CCC1. The van der Waals surface area contributed by atoms with Gasteiger partial charge < -0.3 is 4.74 Å². The Morgan fingerprint density at radius 3 is 2.92 bits per heavy atom. The summed E-state index contributed by atoms with van der Waals surface area (Å²) in [7, 11) is 0. The average Bonchev–Trinajstić information content (AvgIpc) is 2.03. The van der Waals surface area contributed by atoms with Gasteiger partial charge in [0, 0.05) is 17.8 Å². The number of rotatable bonds is 2. The second-order valence-corrected chi connectivity index (χ2v) is 3.83. The largest absolute Gasteiger partial charge is 0.490 e. The minimum atomic E-state index is 0.400. The molecule has 0 atom stereocenters. The molecule has 0 aliphatic heterocycles. The van der Waals surface area contributed by atoms with E-state index in [-0.39, 0.29) is 0 Å². The molecule has 1 heterocycles. The molecule has 0 N–H and O–H groups in total. The first-order valence-electron chi connectivity index (χ1n) is 4.54. The first kappa shape index (κ1) is 8.82. The van der Waals surface area contributed by atoms with Crippen molar-refractivity contribution in [2.24, 2.45) is 0 Å². The monoisotopic (exact) mass is 197 g/mol. The molecule has 0 radical (unpaired) electrons. The third kappa shape index (κ3) is 1.94. The highest BCUT2D eigenvalue weighted by molar-refractivity contribution is 6.29. The molecule has 2 nitrogen and oxygen atoms in total. The lowest BCUT2D eigenvalue weighted by Gasteiger charge is -2.27. The van der Waals surface area contributed by atoms with Crippen molar-refractivity contribution in [3.8, 4) is 5.75 Å². The van der Waals surface area contributed by atoms with Crippen molar-refractivity contribution in [2.45, 2.75) is 32.3 Å². The molecule has 0 amide bonds. The van der Waals surface area contributed by atoms with Gasteiger partial charge in [0.2, 0.25) is 0 Å². The van der Waals surface area contributed by atoms with Crippen molar-refractivity contribution in [1.29, 1.82) is 0 Å². The molecule has 1 aliphatic rings. The lowest BCUT2D eigenvalue weighted by molar-refractivity contribution is 0.119. The summed E-state index contributed by atoms with van der Waals surface area (Å²) in [6.45, 7) is 1.98. The molecule has 0 unspecified atom stereocenters. The van der Waals surface area contributed by atoms with Gasteiger partial charge in [-0.1, -0.05) is 11.6 Å². The predicted molar refractivity (Wildman–Crippen MR) is 52.3 cm³/mol. The van der Waals surface area contributed by atoms with Crippen LogP contribution in [0, 0.1) is 6.92 Å². The normalized spacial score (nSPS) is 16.8. The molecule has 13 heavy (non-hydrogen) atoms. The van der Waals surface area contributed by atoms with Crippen LogP contribution < -0.4 is 4.74 Å². The fourth-order valence-corrected chi connectivity index (χ4v) is 1.42. The third-order valence-electron chi connectivity index (χ3n) is 2.37. The van der Waals surface area contributed by atoms with Gasteiger partial charge in [-0.25, -0.2) is 4.98 Å². The first-order valence-corrected chi connectivity index (χ1v) is 4.92. The molecule has 1 aromatic heterocycles. The summed E-state index contributed by atoms with van der Waals surface area (Å²) >= 11 is 5.77. The highest BCUT2D eigenvalue weighted by Gasteiger charge is 2.19. The second kappa shape index (κ2) is 3.54. The zero-order valence-corrected chi connectivity index (χ0v) is 8.34. The van der Waals surface area contributed by atoms with E-state index >= 15 is 0 Å². The molecule has 0 saturated heterocycles. The number of halogens is 1. The van der Waals surface area contributed by atoms with E-state index in [1.165, 1.54) is 19.3 Å². The lowest BCUT2D eigenvalue weighted by atomic mass is 9.96. The third-order valence-corrected chi connectivity index (χ3v) is 2.57. The summed E-state index contributed by atoms with van der Waals surface area (Å²) in [4.78, 5) is 3.98. The quantitative estimate of drug-likeness (QED) is 0.681. The highest BCUT2D eigenvalue weighted by Crippen LogP contribution is 2.28. The van der Waals surface area contributed by atoms with Gasteiger partial charge in [-0.05, 0) is 26.2 Å². The molecular formula is C10H12ClNO. The maximum Gasteiger partial charge on any atom is 0.132 e. The van der Waals surface area contributed by atoms with Crippen molar-refractivity contribution in [2.75, 3.05) is 0 Å². The van der Waals surface area contributed by atoms with E-state index in [2.05, 4.69) is 4.98 Å². The Balaban J connectivity index is 2.13. The molecule has 1 saturated carbocycles. The van der Waals surface area contributed by atoms with Crippen LogP contribution in [-0.4, -0.2) is 11.1 Å². The lowest BCUT2D eigenvalue weighted by Crippen LogP contribution is -2.24. The zero-order chi connectivity index (χ0) is 9.26.